The topological polar surface area (TPSA) is 59.9 Å². The number of benzene rings is 1. The lowest BCUT2D eigenvalue weighted by Gasteiger charge is -2.16. The molecule has 0 unspecified atom stereocenters. The van der Waals surface area contributed by atoms with Crippen molar-refractivity contribution in [3.8, 4) is 11.5 Å². The molecular weight excluding hydrogens is 268 g/mol. The van der Waals surface area contributed by atoms with Gasteiger partial charge in [0.05, 0.1) is 0 Å². The normalized spacial score (nSPS) is 29.2. The Morgan fingerprint density at radius 3 is 2.95 bits per heavy atom. The highest BCUT2D eigenvalue weighted by Crippen LogP contribution is 2.47. The molecule has 2 fully saturated rings. The highest BCUT2D eigenvalue weighted by atomic mass is 16.7. The maximum absolute atomic E-state index is 12.1. The van der Waals surface area contributed by atoms with Crippen molar-refractivity contribution in [2.24, 2.45) is 22.9 Å². The van der Waals surface area contributed by atoms with Crippen molar-refractivity contribution >= 4 is 12.1 Å². The molecule has 1 aliphatic heterocycles. The minimum atomic E-state index is -0.215. The standard InChI is InChI=1S/C16H18N2O3/c19-16(12-3-4-14-15(7-12)21-9-20-14)18-17-8-13-6-10-1-2-11(13)5-10/h3-4,7-8,10-11,13H,1-2,5-6,9H2,(H,18,19)/t10-,11-,13-/m0/s1. The van der Waals surface area contributed by atoms with Gasteiger partial charge in [0, 0.05) is 11.8 Å². The van der Waals surface area contributed by atoms with Gasteiger partial charge in [0.2, 0.25) is 6.79 Å². The van der Waals surface area contributed by atoms with E-state index in [0.717, 1.165) is 11.8 Å². The lowest BCUT2D eigenvalue weighted by molar-refractivity contribution is 0.0954. The van der Waals surface area contributed by atoms with E-state index in [9.17, 15) is 4.79 Å². The third-order valence-electron chi connectivity index (χ3n) is 4.86. The van der Waals surface area contributed by atoms with Crippen LogP contribution < -0.4 is 14.9 Å². The summed E-state index contributed by atoms with van der Waals surface area (Å²) in [6, 6.07) is 5.15. The second kappa shape index (κ2) is 5.06. The van der Waals surface area contributed by atoms with Gasteiger partial charge in [-0.05, 0) is 55.2 Å². The Morgan fingerprint density at radius 1 is 1.24 bits per heavy atom. The summed E-state index contributed by atoms with van der Waals surface area (Å²) in [7, 11) is 0. The molecule has 0 saturated heterocycles. The van der Waals surface area contributed by atoms with Crippen LogP contribution in [0.1, 0.15) is 36.0 Å². The van der Waals surface area contributed by atoms with E-state index >= 15 is 0 Å². The number of amides is 1. The summed E-state index contributed by atoms with van der Waals surface area (Å²) in [5, 5.41) is 4.15. The lowest BCUT2D eigenvalue weighted by atomic mass is 9.90. The van der Waals surface area contributed by atoms with Crippen LogP contribution in [0.3, 0.4) is 0 Å². The molecule has 2 aliphatic carbocycles. The van der Waals surface area contributed by atoms with Crippen molar-refractivity contribution in [3.05, 3.63) is 23.8 Å². The van der Waals surface area contributed by atoms with Gasteiger partial charge in [-0.1, -0.05) is 6.42 Å². The van der Waals surface area contributed by atoms with Gasteiger partial charge in [-0.3, -0.25) is 4.79 Å². The van der Waals surface area contributed by atoms with Gasteiger partial charge in [-0.2, -0.15) is 5.10 Å². The maximum Gasteiger partial charge on any atom is 0.271 e. The van der Waals surface area contributed by atoms with Crippen LogP contribution in [0.4, 0.5) is 0 Å². The van der Waals surface area contributed by atoms with Crippen LogP contribution in [0.25, 0.3) is 0 Å². The Labute approximate surface area is 123 Å². The van der Waals surface area contributed by atoms with Crippen molar-refractivity contribution in [3.63, 3.8) is 0 Å². The third kappa shape index (κ3) is 2.37. The van der Waals surface area contributed by atoms with Gasteiger partial charge in [0.15, 0.2) is 11.5 Å². The molecule has 1 aromatic carbocycles. The largest absolute Gasteiger partial charge is 0.454 e. The van der Waals surface area contributed by atoms with Gasteiger partial charge in [-0.15, -0.1) is 0 Å². The van der Waals surface area contributed by atoms with E-state index in [2.05, 4.69) is 10.5 Å². The number of carbonyl (C=O) groups is 1. The SMILES string of the molecule is O=C(NN=C[C@@H]1C[C@H]2CC[C@H]1C2)c1ccc2c(c1)OCO2. The summed E-state index contributed by atoms with van der Waals surface area (Å²) in [5.74, 6) is 3.28. The fraction of sp³-hybridized carbons (Fsp3) is 0.500. The molecule has 0 aromatic heterocycles. The molecule has 1 heterocycles. The molecule has 5 nitrogen and oxygen atoms in total. The first-order valence-corrected chi connectivity index (χ1v) is 7.53. The second-order valence-corrected chi connectivity index (χ2v) is 6.13. The number of carbonyl (C=O) groups excluding carboxylic acids is 1. The molecule has 2 saturated carbocycles. The minimum absolute atomic E-state index is 0.211. The van der Waals surface area contributed by atoms with Gasteiger partial charge in [-0.25, -0.2) is 5.43 Å². The van der Waals surface area contributed by atoms with Crippen LogP contribution in [-0.4, -0.2) is 18.9 Å². The minimum Gasteiger partial charge on any atom is -0.454 e. The average Bonchev–Trinajstić information content (AvgIpc) is 3.22. The van der Waals surface area contributed by atoms with Crippen molar-refractivity contribution < 1.29 is 14.3 Å². The predicted molar refractivity (Wildman–Crippen MR) is 77.5 cm³/mol. The summed E-state index contributed by atoms with van der Waals surface area (Å²) >= 11 is 0. The number of ether oxygens (including phenoxy) is 2. The van der Waals surface area contributed by atoms with Crippen molar-refractivity contribution in [2.75, 3.05) is 6.79 Å². The fourth-order valence-corrected chi connectivity index (χ4v) is 3.77. The molecule has 21 heavy (non-hydrogen) atoms. The number of hydrogen-bond donors (Lipinski definition) is 1. The first-order chi connectivity index (χ1) is 10.3. The zero-order chi connectivity index (χ0) is 14.2. The number of hydrogen-bond acceptors (Lipinski definition) is 4. The fourth-order valence-electron chi connectivity index (χ4n) is 3.77. The van der Waals surface area contributed by atoms with Gasteiger partial charge in [0.25, 0.3) is 5.91 Å². The Bertz CT molecular complexity index is 599. The number of fused-ring (bicyclic) bond motifs is 3. The summed E-state index contributed by atoms with van der Waals surface area (Å²) in [6.45, 7) is 0.211. The number of nitrogens with zero attached hydrogens (tertiary/aromatic N) is 1. The third-order valence-corrected chi connectivity index (χ3v) is 4.86. The van der Waals surface area contributed by atoms with Gasteiger partial charge < -0.3 is 9.47 Å². The molecule has 1 aromatic rings. The predicted octanol–water partition coefficient (Wildman–Crippen LogP) is 2.57. The van der Waals surface area contributed by atoms with E-state index in [1.165, 1.54) is 25.7 Å². The molecular formula is C16H18N2O3. The van der Waals surface area contributed by atoms with Gasteiger partial charge >= 0.3 is 0 Å². The molecule has 4 rings (SSSR count). The Balaban J connectivity index is 1.37. The number of nitrogens with one attached hydrogen (secondary N) is 1. The Morgan fingerprint density at radius 2 is 2.14 bits per heavy atom. The molecule has 3 atom stereocenters. The van der Waals surface area contributed by atoms with Crippen LogP contribution in [0.15, 0.2) is 23.3 Å². The van der Waals surface area contributed by atoms with E-state index < -0.39 is 0 Å². The van der Waals surface area contributed by atoms with E-state index in [4.69, 9.17) is 9.47 Å². The van der Waals surface area contributed by atoms with E-state index in [1.54, 1.807) is 18.2 Å². The quantitative estimate of drug-likeness (QED) is 0.686. The zero-order valence-electron chi connectivity index (χ0n) is 11.7. The molecule has 110 valence electrons. The number of hydrazone groups is 1. The first kappa shape index (κ1) is 12.7. The molecule has 0 spiro atoms. The van der Waals surface area contributed by atoms with E-state index in [1.807, 2.05) is 6.21 Å². The molecule has 2 bridgehead atoms. The summed E-state index contributed by atoms with van der Waals surface area (Å²) in [4.78, 5) is 12.1. The van der Waals surface area contributed by atoms with Crippen molar-refractivity contribution in [1.82, 2.24) is 5.43 Å². The molecule has 1 amide bonds. The monoisotopic (exact) mass is 286 g/mol. The maximum atomic E-state index is 12.1. The van der Waals surface area contributed by atoms with Crippen molar-refractivity contribution in [2.45, 2.75) is 25.7 Å². The smallest absolute Gasteiger partial charge is 0.271 e. The lowest BCUT2D eigenvalue weighted by Crippen LogP contribution is -2.20. The van der Waals surface area contributed by atoms with Crippen LogP contribution >= 0.6 is 0 Å². The number of rotatable bonds is 3. The Kier molecular flexibility index (Phi) is 3.05. The summed E-state index contributed by atoms with van der Waals surface area (Å²) in [5.41, 5.74) is 3.14. The van der Waals surface area contributed by atoms with E-state index in [-0.39, 0.29) is 12.7 Å². The van der Waals surface area contributed by atoms with Gasteiger partial charge in [0.1, 0.15) is 0 Å². The van der Waals surface area contributed by atoms with Crippen molar-refractivity contribution in [1.29, 1.82) is 0 Å². The molecule has 5 heteroatoms. The molecule has 1 N–H and O–H groups in total. The average molecular weight is 286 g/mol. The second-order valence-electron chi connectivity index (χ2n) is 6.13. The molecule has 0 radical (unpaired) electrons. The summed E-state index contributed by atoms with van der Waals surface area (Å²) in [6.07, 6.45) is 7.19. The Hall–Kier alpha value is -2.04. The highest BCUT2D eigenvalue weighted by Gasteiger charge is 2.38. The zero-order valence-corrected chi connectivity index (χ0v) is 11.7. The van der Waals surface area contributed by atoms with E-state index in [0.29, 0.717) is 23.0 Å². The van der Waals surface area contributed by atoms with Crippen LogP contribution in [-0.2, 0) is 0 Å². The summed E-state index contributed by atoms with van der Waals surface area (Å²) < 4.78 is 10.5. The molecule has 3 aliphatic rings. The first-order valence-electron chi connectivity index (χ1n) is 7.53. The van der Waals surface area contributed by atoms with Crippen LogP contribution in [0.5, 0.6) is 11.5 Å². The highest BCUT2D eigenvalue weighted by molar-refractivity contribution is 5.95. The van der Waals surface area contributed by atoms with Crippen LogP contribution in [0, 0.1) is 17.8 Å². The van der Waals surface area contributed by atoms with Crippen LogP contribution in [0.2, 0.25) is 0 Å².